The van der Waals surface area contributed by atoms with Gasteiger partial charge in [0.2, 0.25) is 0 Å². The molecule has 5 heteroatoms. The number of rotatable bonds is 15. The molecule has 4 nitrogen and oxygen atoms in total. The first-order valence-corrected chi connectivity index (χ1v) is 13.6. The van der Waals surface area contributed by atoms with Crippen LogP contribution >= 0.6 is 11.8 Å². The number of anilines is 1. The molecule has 1 N–H and O–H groups in total. The molecular formula is C31H41NO3S. The Kier molecular flexibility index (Phi) is 14.0. The monoisotopic (exact) mass is 507 g/mol. The molecular weight excluding hydrogens is 466 g/mol. The molecule has 2 rings (SSSR count). The molecule has 0 fully saturated rings. The molecule has 0 spiro atoms. The molecule has 2 aromatic rings. The van der Waals surface area contributed by atoms with Gasteiger partial charge in [0.15, 0.2) is 0 Å². The third-order valence-electron chi connectivity index (χ3n) is 5.73. The molecule has 0 atom stereocenters. The standard InChI is InChI=1S/C31H41NO3S/c1-24(2)10-8-11-25(3)12-9-13-26(4)21-23-36-30-15-7-6-14-29(30)31(33)32-28-18-16-27(17-19-28)20-22-35-34-5/h6-7,10,12,14-19,21H,8-9,11,13,20,22-23H2,1-5H3,(H,32,33). The van der Waals surface area contributed by atoms with Crippen LogP contribution in [0.15, 0.2) is 88.4 Å². The summed E-state index contributed by atoms with van der Waals surface area (Å²) >= 11 is 1.70. The highest BCUT2D eigenvalue weighted by Crippen LogP contribution is 2.25. The molecule has 0 unspecified atom stereocenters. The lowest BCUT2D eigenvalue weighted by Gasteiger charge is -2.10. The third-order valence-corrected chi connectivity index (χ3v) is 6.73. The maximum absolute atomic E-state index is 13.0. The minimum atomic E-state index is -0.0945. The molecule has 0 aromatic heterocycles. The number of nitrogens with one attached hydrogen (secondary N) is 1. The highest BCUT2D eigenvalue weighted by molar-refractivity contribution is 7.99. The smallest absolute Gasteiger partial charge is 0.256 e. The largest absolute Gasteiger partial charge is 0.322 e. The van der Waals surface area contributed by atoms with E-state index in [4.69, 9.17) is 4.89 Å². The van der Waals surface area contributed by atoms with E-state index in [0.717, 1.165) is 54.0 Å². The fourth-order valence-corrected chi connectivity index (χ4v) is 4.63. The average molecular weight is 508 g/mol. The fourth-order valence-electron chi connectivity index (χ4n) is 3.59. The van der Waals surface area contributed by atoms with Gasteiger partial charge < -0.3 is 5.32 Å². The van der Waals surface area contributed by atoms with Crippen LogP contribution in [0.1, 0.15) is 69.3 Å². The molecule has 36 heavy (non-hydrogen) atoms. The van der Waals surface area contributed by atoms with Crippen LogP contribution in [0.25, 0.3) is 0 Å². The van der Waals surface area contributed by atoms with Gasteiger partial charge in [-0.3, -0.25) is 4.79 Å². The van der Waals surface area contributed by atoms with E-state index in [-0.39, 0.29) is 5.91 Å². The molecule has 0 heterocycles. The molecule has 0 saturated heterocycles. The number of hydrogen-bond acceptors (Lipinski definition) is 4. The first-order valence-electron chi connectivity index (χ1n) is 12.6. The minimum Gasteiger partial charge on any atom is -0.322 e. The third kappa shape index (κ3) is 11.9. The van der Waals surface area contributed by atoms with E-state index in [0.29, 0.717) is 12.2 Å². The van der Waals surface area contributed by atoms with Gasteiger partial charge in [0.05, 0.1) is 19.3 Å². The zero-order valence-corrected chi connectivity index (χ0v) is 23.3. The lowest BCUT2D eigenvalue weighted by molar-refractivity contribution is -0.271. The van der Waals surface area contributed by atoms with Crippen LogP contribution in [0.2, 0.25) is 0 Å². The first kappa shape index (κ1) is 29.6. The number of benzene rings is 2. The van der Waals surface area contributed by atoms with Gasteiger partial charge in [-0.05, 0) is 89.6 Å². The number of hydrogen-bond donors (Lipinski definition) is 1. The van der Waals surface area contributed by atoms with Crippen molar-refractivity contribution in [1.82, 2.24) is 0 Å². The predicted molar refractivity (Wildman–Crippen MR) is 154 cm³/mol. The van der Waals surface area contributed by atoms with Crippen molar-refractivity contribution in [2.24, 2.45) is 0 Å². The Morgan fingerprint density at radius 3 is 2.25 bits per heavy atom. The van der Waals surface area contributed by atoms with Crippen molar-refractivity contribution in [1.29, 1.82) is 0 Å². The van der Waals surface area contributed by atoms with Crippen molar-refractivity contribution in [2.45, 2.75) is 64.7 Å². The lowest BCUT2D eigenvalue weighted by atomic mass is 10.1. The Morgan fingerprint density at radius 1 is 0.889 bits per heavy atom. The van der Waals surface area contributed by atoms with Crippen molar-refractivity contribution in [2.75, 3.05) is 24.8 Å². The summed E-state index contributed by atoms with van der Waals surface area (Å²) in [6.45, 7) is 9.21. The van der Waals surface area contributed by atoms with Crippen molar-refractivity contribution < 1.29 is 14.6 Å². The van der Waals surface area contributed by atoms with E-state index in [1.165, 1.54) is 23.8 Å². The molecule has 1 amide bonds. The SMILES string of the molecule is COOCCc1ccc(NC(=O)c2ccccc2SCC=C(C)CCC=C(C)CCC=C(C)C)cc1. The number of amides is 1. The predicted octanol–water partition coefficient (Wildman–Crippen LogP) is 8.57. The summed E-state index contributed by atoms with van der Waals surface area (Å²) in [6, 6.07) is 15.6. The van der Waals surface area contributed by atoms with Crippen LogP contribution in [-0.4, -0.2) is 25.4 Å². The van der Waals surface area contributed by atoms with Crippen molar-refractivity contribution in [3.05, 3.63) is 94.6 Å². The molecule has 2 aromatic carbocycles. The normalized spacial score (nSPS) is 11.9. The second-order valence-corrected chi connectivity index (χ2v) is 10.2. The zero-order chi connectivity index (χ0) is 26.2. The lowest BCUT2D eigenvalue weighted by Crippen LogP contribution is -2.13. The zero-order valence-electron chi connectivity index (χ0n) is 22.4. The summed E-state index contributed by atoms with van der Waals surface area (Å²) in [6.07, 6.45) is 12.1. The number of carbonyl (C=O) groups is 1. The van der Waals surface area contributed by atoms with Crippen molar-refractivity contribution >= 4 is 23.4 Å². The molecule has 0 aliphatic rings. The average Bonchev–Trinajstić information content (AvgIpc) is 2.85. The van der Waals surface area contributed by atoms with Crippen molar-refractivity contribution in [3.63, 3.8) is 0 Å². The van der Waals surface area contributed by atoms with Crippen LogP contribution in [-0.2, 0) is 16.2 Å². The van der Waals surface area contributed by atoms with E-state index in [1.807, 2.05) is 48.5 Å². The quantitative estimate of drug-likeness (QED) is 0.0862. The summed E-state index contributed by atoms with van der Waals surface area (Å²) in [4.78, 5) is 23.5. The van der Waals surface area contributed by atoms with Gasteiger partial charge in [-0.15, -0.1) is 11.8 Å². The van der Waals surface area contributed by atoms with Gasteiger partial charge in [-0.1, -0.05) is 59.2 Å². The summed E-state index contributed by atoms with van der Waals surface area (Å²) in [5, 5.41) is 3.02. The van der Waals surface area contributed by atoms with E-state index in [2.05, 4.69) is 56.1 Å². The fraction of sp³-hybridized carbons (Fsp3) is 0.387. The van der Waals surface area contributed by atoms with E-state index >= 15 is 0 Å². The van der Waals surface area contributed by atoms with Crippen LogP contribution < -0.4 is 5.32 Å². The van der Waals surface area contributed by atoms with Gasteiger partial charge in [0.25, 0.3) is 5.91 Å². The van der Waals surface area contributed by atoms with Crippen molar-refractivity contribution in [3.8, 4) is 0 Å². The van der Waals surface area contributed by atoms with Crippen LogP contribution in [0.4, 0.5) is 5.69 Å². The van der Waals surface area contributed by atoms with Crippen LogP contribution in [0.5, 0.6) is 0 Å². The molecule has 194 valence electrons. The Balaban J connectivity index is 1.85. The highest BCUT2D eigenvalue weighted by Gasteiger charge is 2.11. The van der Waals surface area contributed by atoms with E-state index < -0.39 is 0 Å². The second-order valence-electron chi connectivity index (χ2n) is 9.16. The Morgan fingerprint density at radius 2 is 1.56 bits per heavy atom. The minimum absolute atomic E-state index is 0.0945. The van der Waals surface area contributed by atoms with Gasteiger partial charge in [0.1, 0.15) is 0 Å². The Bertz CT molecular complexity index is 1030. The van der Waals surface area contributed by atoms with Crippen LogP contribution in [0.3, 0.4) is 0 Å². The molecule has 0 saturated carbocycles. The van der Waals surface area contributed by atoms with E-state index in [1.54, 1.807) is 11.8 Å². The highest BCUT2D eigenvalue weighted by atomic mass is 32.2. The van der Waals surface area contributed by atoms with Crippen LogP contribution in [0, 0.1) is 0 Å². The van der Waals surface area contributed by atoms with Gasteiger partial charge in [-0.25, -0.2) is 9.78 Å². The number of allylic oxidation sites excluding steroid dienone is 5. The Labute approximate surface area is 221 Å². The van der Waals surface area contributed by atoms with Gasteiger partial charge in [-0.2, -0.15) is 0 Å². The summed E-state index contributed by atoms with van der Waals surface area (Å²) in [7, 11) is 1.50. The van der Waals surface area contributed by atoms with Gasteiger partial charge >= 0.3 is 0 Å². The molecule has 0 bridgehead atoms. The van der Waals surface area contributed by atoms with E-state index in [9.17, 15) is 4.79 Å². The Hall–Kier alpha value is -2.60. The summed E-state index contributed by atoms with van der Waals surface area (Å²) < 4.78 is 0. The molecule has 0 aliphatic carbocycles. The maximum atomic E-state index is 13.0. The molecule has 0 radical (unpaired) electrons. The first-order chi connectivity index (χ1) is 17.4. The molecule has 0 aliphatic heterocycles. The number of carbonyl (C=O) groups excluding carboxylic acids is 1. The number of thioether (sulfide) groups is 1. The topological polar surface area (TPSA) is 47.6 Å². The summed E-state index contributed by atoms with van der Waals surface area (Å²) in [5.74, 6) is 0.750. The summed E-state index contributed by atoms with van der Waals surface area (Å²) in [5.41, 5.74) is 6.82. The van der Waals surface area contributed by atoms with Gasteiger partial charge in [0, 0.05) is 16.3 Å². The second kappa shape index (κ2) is 17.0. The maximum Gasteiger partial charge on any atom is 0.256 e.